The third kappa shape index (κ3) is 30.3. The molecule has 0 saturated carbocycles. The van der Waals surface area contributed by atoms with Crippen molar-refractivity contribution in [1.82, 2.24) is 0 Å². The second-order valence-electron chi connectivity index (χ2n) is 2.87. The molecule has 1 N–H and O–H groups in total. The fraction of sp³-hybridized carbons (Fsp3) is 0.917. The number of aliphatic hydroxyl groups is 1. The zero-order chi connectivity index (χ0) is 16.1. The van der Waals surface area contributed by atoms with Gasteiger partial charge in [0, 0.05) is 21.3 Å². The van der Waals surface area contributed by atoms with Crippen LogP contribution in [0, 0.1) is 0 Å². The van der Waals surface area contributed by atoms with E-state index < -0.39 is 6.16 Å². The summed E-state index contributed by atoms with van der Waals surface area (Å²) in [7, 11) is 6.81. The van der Waals surface area contributed by atoms with Gasteiger partial charge in [-0.3, -0.25) is 0 Å². The number of ether oxygens (including phenoxy) is 6. The van der Waals surface area contributed by atoms with Crippen molar-refractivity contribution in [1.29, 1.82) is 0 Å². The molecule has 124 valence electrons. The van der Waals surface area contributed by atoms with Gasteiger partial charge in [0.15, 0.2) is 0 Å². The van der Waals surface area contributed by atoms with Gasteiger partial charge >= 0.3 is 6.16 Å². The molecule has 0 aliphatic rings. The quantitative estimate of drug-likeness (QED) is 0.481. The molecule has 0 aliphatic heterocycles. The minimum Gasteiger partial charge on any atom is -0.438 e. The van der Waals surface area contributed by atoms with Gasteiger partial charge in [-0.05, 0) is 0 Å². The molecule has 0 aromatic carbocycles. The molecule has 8 nitrogen and oxygen atoms in total. The van der Waals surface area contributed by atoms with Crippen LogP contribution >= 0.6 is 0 Å². The predicted octanol–water partition coefficient (Wildman–Crippen LogP) is 0.320. The van der Waals surface area contributed by atoms with Gasteiger partial charge < -0.3 is 33.5 Å². The van der Waals surface area contributed by atoms with Gasteiger partial charge in [-0.25, -0.2) is 4.79 Å². The normalized spacial score (nSPS) is 8.70. The molecule has 0 spiro atoms. The summed E-state index contributed by atoms with van der Waals surface area (Å²) in [4.78, 5) is 9.74. The van der Waals surface area contributed by atoms with Crippen molar-refractivity contribution in [2.75, 3.05) is 75.2 Å². The van der Waals surface area contributed by atoms with Gasteiger partial charge in [-0.1, -0.05) is 0 Å². The largest absolute Gasteiger partial charge is 0.507 e. The van der Waals surface area contributed by atoms with Crippen molar-refractivity contribution >= 4 is 6.16 Å². The van der Waals surface area contributed by atoms with E-state index in [9.17, 15) is 4.79 Å². The average molecular weight is 300 g/mol. The van der Waals surface area contributed by atoms with Crippen LogP contribution in [0.3, 0.4) is 0 Å². The monoisotopic (exact) mass is 300 g/mol. The van der Waals surface area contributed by atoms with E-state index in [2.05, 4.69) is 9.47 Å². The van der Waals surface area contributed by atoms with Crippen molar-refractivity contribution in [3.63, 3.8) is 0 Å². The molecule has 0 rings (SSSR count). The Bertz CT molecular complexity index is 150. The zero-order valence-corrected chi connectivity index (χ0v) is 13.0. The Labute approximate surface area is 120 Å². The highest BCUT2D eigenvalue weighted by Crippen LogP contribution is 1.79. The van der Waals surface area contributed by atoms with Crippen LogP contribution in [0.15, 0.2) is 0 Å². The number of hydrogen-bond acceptors (Lipinski definition) is 8. The van der Waals surface area contributed by atoms with Crippen molar-refractivity contribution in [3.05, 3.63) is 0 Å². The number of rotatable bonds is 9. The Morgan fingerprint density at radius 1 is 0.700 bits per heavy atom. The molecule has 0 amide bonds. The molecule has 0 radical (unpaired) electrons. The summed E-state index contributed by atoms with van der Waals surface area (Å²) in [5.41, 5.74) is 0. The van der Waals surface area contributed by atoms with Gasteiger partial charge in [-0.2, -0.15) is 0 Å². The molecule has 0 bridgehead atoms. The third-order valence-corrected chi connectivity index (χ3v) is 1.57. The highest BCUT2D eigenvalue weighted by Gasteiger charge is 1.89. The van der Waals surface area contributed by atoms with E-state index >= 15 is 0 Å². The van der Waals surface area contributed by atoms with Crippen molar-refractivity contribution in [2.45, 2.75) is 0 Å². The number of carbonyl (C=O) groups is 1. The highest BCUT2D eigenvalue weighted by atomic mass is 16.7. The first kappa shape index (κ1) is 24.1. The third-order valence-electron chi connectivity index (χ3n) is 1.57. The fourth-order valence-corrected chi connectivity index (χ4v) is 0.690. The molecule has 0 atom stereocenters. The van der Waals surface area contributed by atoms with Crippen LogP contribution in [0.5, 0.6) is 0 Å². The number of hydrogen-bond donors (Lipinski definition) is 1. The van der Waals surface area contributed by atoms with E-state index in [4.69, 9.17) is 24.1 Å². The SMILES string of the molecule is CO.COC(=O)OC.COCCOCCOCCOC. The molecule has 0 aliphatic carbocycles. The zero-order valence-electron chi connectivity index (χ0n) is 13.0. The minimum atomic E-state index is -0.657. The lowest BCUT2D eigenvalue weighted by molar-refractivity contribution is 0.0106. The van der Waals surface area contributed by atoms with E-state index in [1.807, 2.05) is 0 Å². The lowest BCUT2D eigenvalue weighted by atomic mass is 10.7. The smallest absolute Gasteiger partial charge is 0.438 e. The molecule has 0 fully saturated rings. The summed E-state index contributed by atoms with van der Waals surface area (Å²) < 4.78 is 28.0. The maximum atomic E-state index is 9.74. The standard InChI is InChI=1S/C8H18O4.C3H6O3.CH4O/c1-9-3-5-11-7-8-12-6-4-10-2;1-5-3(4)6-2;1-2/h3-8H2,1-2H3;1-2H3;2H,1H3. The van der Waals surface area contributed by atoms with E-state index in [0.717, 1.165) is 7.11 Å². The number of methoxy groups -OCH3 is 4. The maximum Gasteiger partial charge on any atom is 0.507 e. The Balaban J connectivity index is -0.000000304. The van der Waals surface area contributed by atoms with Crippen LogP contribution < -0.4 is 0 Å². The molecule has 8 heteroatoms. The second kappa shape index (κ2) is 26.6. The lowest BCUT2D eigenvalue weighted by Gasteiger charge is -2.04. The lowest BCUT2D eigenvalue weighted by Crippen LogP contribution is -2.10. The Kier molecular flexibility index (Phi) is 32.1. The molecule has 0 aromatic heterocycles. The van der Waals surface area contributed by atoms with Crippen molar-refractivity contribution < 1.29 is 38.3 Å². The summed E-state index contributed by atoms with van der Waals surface area (Å²) in [6.45, 7) is 3.77. The fourth-order valence-electron chi connectivity index (χ4n) is 0.690. The van der Waals surface area contributed by atoms with Crippen molar-refractivity contribution in [2.24, 2.45) is 0 Å². The highest BCUT2D eigenvalue weighted by molar-refractivity contribution is 5.59. The number of carbonyl (C=O) groups excluding carboxylic acids is 1. The summed E-state index contributed by atoms with van der Waals surface area (Å²) in [5, 5.41) is 7.00. The second-order valence-corrected chi connectivity index (χ2v) is 2.87. The van der Waals surface area contributed by atoms with Crippen LogP contribution in [0.4, 0.5) is 4.79 Å². The Morgan fingerprint density at radius 2 is 1.00 bits per heavy atom. The minimum absolute atomic E-state index is 0.618. The maximum absolute atomic E-state index is 9.74. The van der Waals surface area contributed by atoms with Crippen LogP contribution in [0.25, 0.3) is 0 Å². The van der Waals surface area contributed by atoms with Crippen LogP contribution in [-0.2, 0) is 28.4 Å². The first-order valence-corrected chi connectivity index (χ1v) is 5.92. The Hall–Kier alpha value is -0.930. The van der Waals surface area contributed by atoms with Gasteiger partial charge in [0.1, 0.15) is 0 Å². The number of aliphatic hydroxyl groups excluding tert-OH is 1. The molecule has 0 heterocycles. The summed E-state index contributed by atoms with van der Waals surface area (Å²) in [5.74, 6) is 0. The molecule has 0 saturated heterocycles. The van der Waals surface area contributed by atoms with Crippen LogP contribution in [0.1, 0.15) is 0 Å². The van der Waals surface area contributed by atoms with E-state index in [1.54, 1.807) is 14.2 Å². The summed E-state index contributed by atoms with van der Waals surface area (Å²) >= 11 is 0. The van der Waals surface area contributed by atoms with Crippen LogP contribution in [-0.4, -0.2) is 86.5 Å². The van der Waals surface area contributed by atoms with Crippen LogP contribution in [0.2, 0.25) is 0 Å². The molecule has 0 aromatic rings. The first-order chi connectivity index (χ1) is 9.72. The first-order valence-electron chi connectivity index (χ1n) is 5.92. The van der Waals surface area contributed by atoms with Gasteiger partial charge in [-0.15, -0.1) is 0 Å². The van der Waals surface area contributed by atoms with Gasteiger partial charge in [0.05, 0.1) is 53.9 Å². The predicted molar refractivity (Wildman–Crippen MR) is 72.9 cm³/mol. The topological polar surface area (TPSA) is 92.7 Å². The van der Waals surface area contributed by atoms with Gasteiger partial charge in [0.25, 0.3) is 0 Å². The van der Waals surface area contributed by atoms with E-state index in [1.165, 1.54) is 14.2 Å². The Morgan fingerprint density at radius 3 is 1.20 bits per heavy atom. The summed E-state index contributed by atoms with van der Waals surface area (Å²) in [6.07, 6.45) is -0.657. The molecular formula is C12H28O8. The molecule has 20 heavy (non-hydrogen) atoms. The van der Waals surface area contributed by atoms with Gasteiger partial charge in [0.2, 0.25) is 0 Å². The average Bonchev–Trinajstić information content (AvgIpc) is 2.51. The summed E-state index contributed by atoms with van der Waals surface area (Å²) in [6, 6.07) is 0. The van der Waals surface area contributed by atoms with Crippen molar-refractivity contribution in [3.8, 4) is 0 Å². The molecule has 0 unspecified atom stereocenters. The van der Waals surface area contributed by atoms with E-state index in [0.29, 0.717) is 39.6 Å². The van der Waals surface area contributed by atoms with E-state index in [-0.39, 0.29) is 0 Å². The molecular weight excluding hydrogens is 272 g/mol.